The molecule has 3 rings (SSSR count). The fourth-order valence-corrected chi connectivity index (χ4v) is 4.27. The first-order chi connectivity index (χ1) is 12.7. The van der Waals surface area contributed by atoms with Crippen molar-refractivity contribution in [2.75, 3.05) is 26.5 Å². The first-order valence-electron chi connectivity index (χ1n) is 8.86. The van der Waals surface area contributed by atoms with Gasteiger partial charge in [0, 0.05) is 17.9 Å². The minimum Gasteiger partial charge on any atom is -0.497 e. The van der Waals surface area contributed by atoms with Crippen molar-refractivity contribution in [2.45, 2.75) is 24.6 Å². The zero-order chi connectivity index (χ0) is 18.4. The summed E-state index contributed by atoms with van der Waals surface area (Å²) in [5.41, 5.74) is 2.28. The molecule has 0 saturated carbocycles. The smallest absolute Gasteiger partial charge is 0.233 e. The first-order valence-corrected chi connectivity index (χ1v) is 10.0. The zero-order valence-corrected chi connectivity index (χ0v) is 16.1. The summed E-state index contributed by atoms with van der Waals surface area (Å²) < 4.78 is 10.9. The van der Waals surface area contributed by atoms with Gasteiger partial charge in [0.1, 0.15) is 11.5 Å². The SMILES string of the molecule is COc1ccc(OC)c(C2CCCN2C(=O)CSCc2ccccc2)c1. The largest absolute Gasteiger partial charge is 0.497 e. The number of hydrogen-bond donors (Lipinski definition) is 0. The summed E-state index contributed by atoms with van der Waals surface area (Å²) in [7, 11) is 3.32. The van der Waals surface area contributed by atoms with Gasteiger partial charge in [0.25, 0.3) is 0 Å². The van der Waals surface area contributed by atoms with Gasteiger partial charge < -0.3 is 14.4 Å². The molecule has 0 aliphatic carbocycles. The number of nitrogens with zero attached hydrogens (tertiary/aromatic N) is 1. The molecular weight excluding hydrogens is 346 g/mol. The van der Waals surface area contributed by atoms with Crippen molar-refractivity contribution < 1.29 is 14.3 Å². The highest BCUT2D eigenvalue weighted by molar-refractivity contribution is 7.99. The van der Waals surface area contributed by atoms with Crippen LogP contribution in [-0.4, -0.2) is 37.3 Å². The lowest BCUT2D eigenvalue weighted by Gasteiger charge is -2.26. The van der Waals surface area contributed by atoms with Gasteiger partial charge in [-0.05, 0) is 36.6 Å². The van der Waals surface area contributed by atoms with Gasteiger partial charge in [-0.1, -0.05) is 30.3 Å². The second-order valence-corrected chi connectivity index (χ2v) is 7.32. The van der Waals surface area contributed by atoms with Crippen LogP contribution in [0.2, 0.25) is 0 Å². The van der Waals surface area contributed by atoms with Gasteiger partial charge in [0.05, 0.1) is 26.0 Å². The van der Waals surface area contributed by atoms with E-state index in [0.29, 0.717) is 5.75 Å². The topological polar surface area (TPSA) is 38.8 Å². The number of amides is 1. The van der Waals surface area contributed by atoms with Crippen molar-refractivity contribution in [3.8, 4) is 11.5 Å². The van der Waals surface area contributed by atoms with Gasteiger partial charge in [0.15, 0.2) is 0 Å². The molecule has 1 unspecified atom stereocenters. The molecule has 1 aliphatic heterocycles. The predicted molar refractivity (Wildman–Crippen MR) is 106 cm³/mol. The van der Waals surface area contributed by atoms with E-state index in [2.05, 4.69) is 12.1 Å². The Morgan fingerprint density at radius 1 is 1.15 bits per heavy atom. The third kappa shape index (κ3) is 4.33. The summed E-state index contributed by atoms with van der Waals surface area (Å²) in [5.74, 6) is 3.15. The summed E-state index contributed by atoms with van der Waals surface area (Å²) in [6.45, 7) is 0.801. The lowest BCUT2D eigenvalue weighted by atomic mass is 10.0. The number of rotatable bonds is 7. The Labute approximate surface area is 159 Å². The second kappa shape index (κ2) is 8.99. The van der Waals surface area contributed by atoms with Crippen LogP contribution in [-0.2, 0) is 10.5 Å². The van der Waals surface area contributed by atoms with Crippen molar-refractivity contribution >= 4 is 17.7 Å². The number of thioether (sulfide) groups is 1. The molecule has 0 aromatic heterocycles. The van der Waals surface area contributed by atoms with E-state index >= 15 is 0 Å². The number of hydrogen-bond acceptors (Lipinski definition) is 4. The average molecular weight is 372 g/mol. The van der Waals surface area contributed by atoms with Gasteiger partial charge in [-0.25, -0.2) is 0 Å². The van der Waals surface area contributed by atoms with Crippen LogP contribution in [0.4, 0.5) is 0 Å². The van der Waals surface area contributed by atoms with E-state index in [-0.39, 0.29) is 11.9 Å². The quantitative estimate of drug-likeness (QED) is 0.727. The normalized spacial score (nSPS) is 16.5. The van der Waals surface area contributed by atoms with E-state index in [1.54, 1.807) is 26.0 Å². The van der Waals surface area contributed by atoms with Crippen molar-refractivity contribution in [3.63, 3.8) is 0 Å². The molecule has 1 amide bonds. The number of carbonyl (C=O) groups is 1. The Balaban J connectivity index is 1.67. The molecule has 1 saturated heterocycles. The third-order valence-corrected chi connectivity index (χ3v) is 5.69. The maximum absolute atomic E-state index is 12.8. The number of ether oxygens (including phenoxy) is 2. The molecule has 1 atom stereocenters. The van der Waals surface area contributed by atoms with Crippen LogP contribution in [0, 0.1) is 0 Å². The van der Waals surface area contributed by atoms with Crippen molar-refractivity contribution in [2.24, 2.45) is 0 Å². The molecule has 0 radical (unpaired) electrons. The van der Waals surface area contributed by atoms with Crippen molar-refractivity contribution in [1.82, 2.24) is 4.90 Å². The van der Waals surface area contributed by atoms with Gasteiger partial charge in [0.2, 0.25) is 5.91 Å². The van der Waals surface area contributed by atoms with E-state index in [4.69, 9.17) is 9.47 Å². The van der Waals surface area contributed by atoms with E-state index < -0.39 is 0 Å². The minimum absolute atomic E-state index is 0.0601. The van der Waals surface area contributed by atoms with Crippen LogP contribution in [0.5, 0.6) is 11.5 Å². The highest BCUT2D eigenvalue weighted by Crippen LogP contribution is 2.39. The Morgan fingerprint density at radius 3 is 2.69 bits per heavy atom. The summed E-state index contributed by atoms with van der Waals surface area (Å²) in [5, 5.41) is 0. The number of likely N-dealkylation sites (tertiary alicyclic amines) is 1. The summed E-state index contributed by atoms with van der Waals surface area (Å²) in [6, 6.07) is 16.1. The summed E-state index contributed by atoms with van der Waals surface area (Å²) >= 11 is 1.67. The molecular formula is C21H25NO3S. The number of carbonyl (C=O) groups excluding carboxylic acids is 1. The molecule has 0 N–H and O–H groups in total. The van der Waals surface area contributed by atoms with Gasteiger partial charge in [-0.15, -0.1) is 11.8 Å². The van der Waals surface area contributed by atoms with Crippen LogP contribution < -0.4 is 9.47 Å². The van der Waals surface area contributed by atoms with E-state index in [9.17, 15) is 4.79 Å². The minimum atomic E-state index is 0.0601. The Hall–Kier alpha value is -2.14. The highest BCUT2D eigenvalue weighted by Gasteiger charge is 2.31. The Bertz CT molecular complexity index is 735. The second-order valence-electron chi connectivity index (χ2n) is 6.33. The van der Waals surface area contributed by atoms with Gasteiger partial charge in [-0.3, -0.25) is 4.79 Å². The first kappa shape index (κ1) is 18.6. The molecule has 0 bridgehead atoms. The summed E-state index contributed by atoms with van der Waals surface area (Å²) in [6.07, 6.45) is 1.97. The Kier molecular flexibility index (Phi) is 6.45. The van der Waals surface area contributed by atoms with Crippen molar-refractivity contribution in [1.29, 1.82) is 0 Å². The van der Waals surface area contributed by atoms with Crippen LogP contribution in [0.25, 0.3) is 0 Å². The molecule has 1 fully saturated rings. The molecule has 138 valence electrons. The van der Waals surface area contributed by atoms with Crippen LogP contribution in [0.3, 0.4) is 0 Å². The molecule has 2 aromatic carbocycles. The van der Waals surface area contributed by atoms with E-state index in [1.807, 2.05) is 41.3 Å². The molecule has 2 aromatic rings. The molecule has 1 heterocycles. The molecule has 26 heavy (non-hydrogen) atoms. The molecule has 4 nitrogen and oxygen atoms in total. The molecule has 1 aliphatic rings. The fraction of sp³-hybridized carbons (Fsp3) is 0.381. The standard InChI is InChI=1S/C21H25NO3S/c1-24-17-10-11-20(25-2)18(13-17)19-9-6-12-22(19)21(23)15-26-14-16-7-4-3-5-8-16/h3-5,7-8,10-11,13,19H,6,9,12,14-15H2,1-2H3. The third-order valence-electron chi connectivity index (χ3n) is 4.71. The predicted octanol–water partition coefficient (Wildman–Crippen LogP) is 4.30. The monoisotopic (exact) mass is 371 g/mol. The van der Waals surface area contributed by atoms with Crippen molar-refractivity contribution in [3.05, 3.63) is 59.7 Å². The fourth-order valence-electron chi connectivity index (χ4n) is 3.40. The van der Waals surface area contributed by atoms with Gasteiger partial charge in [-0.2, -0.15) is 0 Å². The zero-order valence-electron chi connectivity index (χ0n) is 15.3. The highest BCUT2D eigenvalue weighted by atomic mass is 32.2. The lowest BCUT2D eigenvalue weighted by Crippen LogP contribution is -2.32. The molecule has 5 heteroatoms. The van der Waals surface area contributed by atoms with Crippen LogP contribution in [0.1, 0.15) is 30.0 Å². The molecule has 0 spiro atoms. The van der Waals surface area contributed by atoms with Crippen LogP contribution >= 0.6 is 11.8 Å². The lowest BCUT2D eigenvalue weighted by molar-refractivity contribution is -0.129. The van der Waals surface area contributed by atoms with E-state index in [0.717, 1.165) is 42.2 Å². The Morgan fingerprint density at radius 2 is 1.96 bits per heavy atom. The maximum atomic E-state index is 12.8. The average Bonchev–Trinajstić information content (AvgIpc) is 3.18. The van der Waals surface area contributed by atoms with Gasteiger partial charge >= 0.3 is 0 Å². The maximum Gasteiger partial charge on any atom is 0.233 e. The van der Waals surface area contributed by atoms with E-state index in [1.165, 1.54) is 5.56 Å². The summed E-state index contributed by atoms with van der Waals surface area (Å²) in [4.78, 5) is 14.8. The number of methoxy groups -OCH3 is 2. The number of benzene rings is 2. The van der Waals surface area contributed by atoms with Crippen LogP contribution in [0.15, 0.2) is 48.5 Å².